The van der Waals surface area contributed by atoms with Crippen molar-refractivity contribution in [2.75, 3.05) is 0 Å². The molecule has 0 saturated heterocycles. The van der Waals surface area contributed by atoms with Crippen LogP contribution in [0, 0.1) is 11.8 Å². The molecule has 1 aromatic rings. The van der Waals surface area contributed by atoms with Gasteiger partial charge in [0.2, 0.25) is 0 Å². The summed E-state index contributed by atoms with van der Waals surface area (Å²) >= 11 is 0. The molecular weight excluding hydrogens is 376 g/mol. The maximum absolute atomic E-state index is 11.6. The number of rotatable bonds is 13. The number of carbonyl (C=O) groups is 1. The monoisotopic (exact) mass is 414 g/mol. The lowest BCUT2D eigenvalue weighted by molar-refractivity contribution is -0.139. The van der Waals surface area contributed by atoms with Crippen molar-refractivity contribution >= 4 is 5.97 Å². The highest BCUT2D eigenvalue weighted by atomic mass is 16.4. The second-order valence-corrected chi connectivity index (χ2v) is 8.48. The molecule has 2 unspecified atom stereocenters. The van der Waals surface area contributed by atoms with Crippen LogP contribution in [0.15, 0.2) is 54.6 Å². The van der Waals surface area contributed by atoms with Gasteiger partial charge in [0.25, 0.3) is 0 Å². The first-order chi connectivity index (χ1) is 14.5. The number of allylic oxidation sites excluding steroid dienone is 2. The van der Waals surface area contributed by atoms with Crippen LogP contribution in [0.2, 0.25) is 0 Å². The van der Waals surface area contributed by atoms with Gasteiger partial charge in [-0.2, -0.15) is 0 Å². The van der Waals surface area contributed by atoms with Gasteiger partial charge in [-0.05, 0) is 55.9 Å². The van der Waals surface area contributed by atoms with Crippen LogP contribution in [0.3, 0.4) is 0 Å². The normalized spacial score (nSPS) is 23.9. The molecule has 1 aliphatic rings. The maximum atomic E-state index is 11.6. The van der Waals surface area contributed by atoms with Crippen molar-refractivity contribution in [2.24, 2.45) is 11.8 Å². The zero-order chi connectivity index (χ0) is 21.8. The van der Waals surface area contributed by atoms with Gasteiger partial charge in [-0.1, -0.05) is 80.8 Å². The van der Waals surface area contributed by atoms with Gasteiger partial charge in [-0.3, -0.25) is 4.79 Å². The van der Waals surface area contributed by atoms with E-state index < -0.39 is 18.0 Å². The highest BCUT2D eigenvalue weighted by Gasteiger charge is 2.32. The Balaban J connectivity index is 1.75. The second-order valence-electron chi connectivity index (χ2n) is 8.48. The fraction of sp³-hybridized carbons (Fsp3) is 0.577. The Morgan fingerprint density at radius 2 is 1.90 bits per heavy atom. The fourth-order valence-electron chi connectivity index (χ4n) is 4.50. The number of carboxylic acid groups (broad SMARTS) is 1. The van der Waals surface area contributed by atoms with Gasteiger partial charge in [-0.25, -0.2) is 0 Å². The minimum Gasteiger partial charge on any atom is -0.481 e. The molecule has 0 aromatic heterocycles. The van der Waals surface area contributed by atoms with Crippen molar-refractivity contribution in [3.05, 3.63) is 60.2 Å². The molecular formula is C26H38O4. The van der Waals surface area contributed by atoms with E-state index in [4.69, 9.17) is 0 Å². The zero-order valence-corrected chi connectivity index (χ0v) is 18.2. The number of aliphatic hydroxyl groups is 2. The van der Waals surface area contributed by atoms with Gasteiger partial charge in [0.05, 0.1) is 18.1 Å². The molecule has 0 aliphatic heterocycles. The third-order valence-electron chi connectivity index (χ3n) is 6.23. The summed E-state index contributed by atoms with van der Waals surface area (Å²) < 4.78 is 0. The predicted octanol–water partition coefficient (Wildman–Crippen LogP) is 5.47. The van der Waals surface area contributed by atoms with E-state index in [-0.39, 0.29) is 12.0 Å². The van der Waals surface area contributed by atoms with Crippen LogP contribution in [0.1, 0.15) is 76.2 Å². The van der Waals surface area contributed by atoms with E-state index in [0.717, 1.165) is 50.5 Å². The maximum Gasteiger partial charge on any atom is 0.310 e. The SMILES string of the molecule is CCC=CCC(O)C=C[C@H]1CC[C@H](O)[C@@H]1CCCCCC(C(=O)O)c1ccccc1. The molecule has 4 nitrogen and oxygen atoms in total. The van der Waals surface area contributed by atoms with Crippen molar-refractivity contribution in [3.63, 3.8) is 0 Å². The molecule has 0 amide bonds. The largest absolute Gasteiger partial charge is 0.481 e. The lowest BCUT2D eigenvalue weighted by Crippen LogP contribution is -2.18. The van der Waals surface area contributed by atoms with Crippen LogP contribution in [0.4, 0.5) is 0 Å². The molecule has 166 valence electrons. The van der Waals surface area contributed by atoms with Crippen LogP contribution >= 0.6 is 0 Å². The molecule has 0 bridgehead atoms. The van der Waals surface area contributed by atoms with Crippen LogP contribution in [0.5, 0.6) is 0 Å². The van der Waals surface area contributed by atoms with Crippen molar-refractivity contribution in [1.29, 1.82) is 0 Å². The smallest absolute Gasteiger partial charge is 0.310 e. The Labute approximate surface area is 181 Å². The molecule has 30 heavy (non-hydrogen) atoms. The number of hydrogen-bond donors (Lipinski definition) is 3. The number of benzene rings is 1. The molecule has 1 aromatic carbocycles. The average molecular weight is 415 g/mol. The Hall–Kier alpha value is -1.91. The summed E-state index contributed by atoms with van der Waals surface area (Å²) in [5.41, 5.74) is 0.869. The third-order valence-corrected chi connectivity index (χ3v) is 6.23. The molecule has 4 heteroatoms. The number of unbranched alkanes of at least 4 members (excludes halogenated alkanes) is 2. The summed E-state index contributed by atoms with van der Waals surface area (Å²) in [6.45, 7) is 2.08. The molecule has 1 fully saturated rings. The van der Waals surface area contributed by atoms with Gasteiger partial charge in [0.15, 0.2) is 0 Å². The molecule has 0 heterocycles. The van der Waals surface area contributed by atoms with Gasteiger partial charge in [0.1, 0.15) is 0 Å². The summed E-state index contributed by atoms with van der Waals surface area (Å²) in [6, 6.07) is 9.45. The molecule has 0 radical (unpaired) electrons. The Morgan fingerprint density at radius 1 is 1.13 bits per heavy atom. The first kappa shape index (κ1) is 24.4. The third kappa shape index (κ3) is 8.08. The molecule has 0 spiro atoms. The van der Waals surface area contributed by atoms with Crippen LogP contribution in [-0.2, 0) is 4.79 Å². The van der Waals surface area contributed by atoms with E-state index in [1.807, 2.05) is 42.5 Å². The van der Waals surface area contributed by atoms with E-state index in [9.17, 15) is 20.1 Å². The van der Waals surface area contributed by atoms with Crippen molar-refractivity contribution in [2.45, 2.75) is 82.8 Å². The minimum absolute atomic E-state index is 0.240. The van der Waals surface area contributed by atoms with Gasteiger partial charge in [-0.15, -0.1) is 0 Å². The van der Waals surface area contributed by atoms with E-state index in [2.05, 4.69) is 19.1 Å². The number of aliphatic hydroxyl groups excluding tert-OH is 2. The van der Waals surface area contributed by atoms with Gasteiger partial charge in [0, 0.05) is 0 Å². The van der Waals surface area contributed by atoms with Crippen molar-refractivity contribution in [3.8, 4) is 0 Å². The molecule has 1 aliphatic carbocycles. The van der Waals surface area contributed by atoms with E-state index in [0.29, 0.717) is 18.8 Å². The number of aliphatic carboxylic acids is 1. The van der Waals surface area contributed by atoms with Crippen LogP contribution < -0.4 is 0 Å². The van der Waals surface area contributed by atoms with Crippen LogP contribution in [0.25, 0.3) is 0 Å². The van der Waals surface area contributed by atoms with E-state index in [1.165, 1.54) is 0 Å². The van der Waals surface area contributed by atoms with E-state index in [1.54, 1.807) is 0 Å². The second kappa shape index (κ2) is 13.4. The van der Waals surface area contributed by atoms with Crippen LogP contribution in [-0.4, -0.2) is 33.5 Å². The molecule has 1 saturated carbocycles. The quantitative estimate of drug-likeness (QED) is 0.296. The molecule has 5 atom stereocenters. The molecule has 3 N–H and O–H groups in total. The van der Waals surface area contributed by atoms with E-state index >= 15 is 0 Å². The number of hydrogen-bond acceptors (Lipinski definition) is 3. The first-order valence-corrected chi connectivity index (χ1v) is 11.5. The first-order valence-electron chi connectivity index (χ1n) is 11.5. The summed E-state index contributed by atoms with van der Waals surface area (Å²) in [4.78, 5) is 11.6. The number of carboxylic acids is 1. The fourth-order valence-corrected chi connectivity index (χ4v) is 4.50. The molecule has 2 rings (SSSR count). The van der Waals surface area contributed by atoms with Crippen molar-refractivity contribution in [1.82, 2.24) is 0 Å². The summed E-state index contributed by atoms with van der Waals surface area (Å²) in [5.74, 6) is -0.642. The Kier molecular flexibility index (Phi) is 10.9. The highest BCUT2D eigenvalue weighted by molar-refractivity contribution is 5.75. The topological polar surface area (TPSA) is 77.8 Å². The summed E-state index contributed by atoms with van der Waals surface area (Å²) in [5, 5.41) is 30.0. The summed E-state index contributed by atoms with van der Waals surface area (Å²) in [6.07, 6.45) is 15.2. The van der Waals surface area contributed by atoms with Gasteiger partial charge >= 0.3 is 5.97 Å². The van der Waals surface area contributed by atoms with Crippen molar-refractivity contribution < 1.29 is 20.1 Å². The minimum atomic E-state index is -0.759. The summed E-state index contributed by atoms with van der Waals surface area (Å²) in [7, 11) is 0. The lowest BCUT2D eigenvalue weighted by atomic mass is 9.87. The van der Waals surface area contributed by atoms with Gasteiger partial charge < -0.3 is 15.3 Å². The predicted molar refractivity (Wildman–Crippen MR) is 121 cm³/mol. The Bertz CT molecular complexity index is 667. The lowest BCUT2D eigenvalue weighted by Gasteiger charge is -2.20. The highest BCUT2D eigenvalue weighted by Crippen LogP contribution is 2.37. The zero-order valence-electron chi connectivity index (χ0n) is 18.2. The Morgan fingerprint density at radius 3 is 2.60 bits per heavy atom. The standard InChI is InChI=1S/C26H38O4/c1-2-3-6-13-22(27)18-16-21-17-19-25(28)23(21)14-9-5-10-15-24(26(29)30)20-11-7-4-8-12-20/h3-4,6-8,11-12,16,18,21-25,27-28H,2,5,9-10,13-15,17,19H2,1H3,(H,29,30)/t21-,22?,23+,24?,25-/m0/s1. The average Bonchev–Trinajstić information content (AvgIpc) is 3.09.